The zero-order valence-corrected chi connectivity index (χ0v) is 19.4. The summed E-state index contributed by atoms with van der Waals surface area (Å²) in [4.78, 5) is 0. The molecule has 0 amide bonds. The van der Waals surface area contributed by atoms with Crippen molar-refractivity contribution in [1.29, 1.82) is 0 Å². The highest BCUT2D eigenvalue weighted by Gasteiger charge is 2.42. The molecule has 0 aliphatic heterocycles. The number of methoxy groups -OCH3 is 2. The van der Waals surface area contributed by atoms with E-state index in [1.165, 1.54) is 36.8 Å². The number of benzene rings is 2. The van der Waals surface area contributed by atoms with Crippen molar-refractivity contribution in [3.05, 3.63) is 71.8 Å². The van der Waals surface area contributed by atoms with Gasteiger partial charge in [0.05, 0.1) is 13.2 Å². The first-order valence-electron chi connectivity index (χ1n) is 11.6. The summed E-state index contributed by atoms with van der Waals surface area (Å²) >= 11 is 0. The number of rotatable bonds is 10. The summed E-state index contributed by atoms with van der Waals surface area (Å²) in [6, 6.07) is 22.0. The highest BCUT2D eigenvalue weighted by molar-refractivity contribution is 5.38. The highest BCUT2D eigenvalue weighted by Crippen LogP contribution is 2.47. The average molecular weight is 409 g/mol. The topological polar surface area (TPSA) is 18.5 Å². The SMILES string of the molecule is COCC(CCC(C)(c1ccccc1)c1ccccc1)(COC)C1CCC(C)CC1. The lowest BCUT2D eigenvalue weighted by molar-refractivity contribution is -0.0527. The van der Waals surface area contributed by atoms with E-state index in [4.69, 9.17) is 9.47 Å². The molecule has 1 saturated carbocycles. The summed E-state index contributed by atoms with van der Waals surface area (Å²) in [5, 5.41) is 0. The smallest absolute Gasteiger partial charge is 0.0543 e. The van der Waals surface area contributed by atoms with Gasteiger partial charge < -0.3 is 9.47 Å². The standard InChI is InChI=1S/C28H40O2/c1-23-15-17-26(18-16-23)28(21-29-3,22-30-4)20-19-27(2,24-11-7-5-8-12-24)25-13-9-6-10-14-25/h5-14,23,26H,15-22H2,1-4H3. The van der Waals surface area contributed by atoms with Crippen molar-refractivity contribution in [2.24, 2.45) is 17.3 Å². The summed E-state index contributed by atoms with van der Waals surface area (Å²) in [5.41, 5.74) is 2.82. The van der Waals surface area contributed by atoms with Crippen molar-refractivity contribution in [2.45, 2.75) is 57.8 Å². The molecule has 2 aromatic carbocycles. The Morgan fingerprint density at radius 3 is 1.63 bits per heavy atom. The van der Waals surface area contributed by atoms with Gasteiger partial charge in [0.25, 0.3) is 0 Å². The third kappa shape index (κ3) is 5.15. The van der Waals surface area contributed by atoms with Gasteiger partial charge in [0, 0.05) is 25.0 Å². The second kappa shape index (κ2) is 10.6. The monoisotopic (exact) mass is 408 g/mol. The lowest BCUT2D eigenvalue weighted by Gasteiger charge is -2.45. The second-order valence-electron chi connectivity index (χ2n) is 9.75. The fourth-order valence-corrected chi connectivity index (χ4v) is 5.64. The predicted molar refractivity (Wildman–Crippen MR) is 126 cm³/mol. The third-order valence-electron chi connectivity index (χ3n) is 7.69. The van der Waals surface area contributed by atoms with Crippen molar-refractivity contribution in [1.82, 2.24) is 0 Å². The molecule has 1 fully saturated rings. The molecule has 0 spiro atoms. The van der Waals surface area contributed by atoms with E-state index < -0.39 is 0 Å². The zero-order chi connectivity index (χ0) is 21.5. The van der Waals surface area contributed by atoms with Crippen molar-refractivity contribution in [3.63, 3.8) is 0 Å². The molecule has 1 aliphatic carbocycles. The van der Waals surface area contributed by atoms with Crippen molar-refractivity contribution in [2.75, 3.05) is 27.4 Å². The molecule has 0 atom stereocenters. The van der Waals surface area contributed by atoms with Gasteiger partial charge in [0.1, 0.15) is 0 Å². The zero-order valence-electron chi connectivity index (χ0n) is 19.4. The van der Waals surface area contributed by atoms with E-state index in [9.17, 15) is 0 Å². The van der Waals surface area contributed by atoms with Gasteiger partial charge in [-0.25, -0.2) is 0 Å². The van der Waals surface area contributed by atoms with Gasteiger partial charge in [-0.3, -0.25) is 0 Å². The van der Waals surface area contributed by atoms with Crippen LogP contribution in [0.15, 0.2) is 60.7 Å². The number of hydrogen-bond donors (Lipinski definition) is 0. The third-order valence-corrected chi connectivity index (χ3v) is 7.69. The van der Waals surface area contributed by atoms with Gasteiger partial charge in [-0.05, 0) is 48.6 Å². The van der Waals surface area contributed by atoms with Crippen LogP contribution < -0.4 is 0 Å². The lowest BCUT2D eigenvalue weighted by Crippen LogP contribution is -2.42. The largest absolute Gasteiger partial charge is 0.384 e. The maximum Gasteiger partial charge on any atom is 0.0543 e. The molecule has 0 unspecified atom stereocenters. The van der Waals surface area contributed by atoms with E-state index in [0.717, 1.165) is 32.0 Å². The van der Waals surface area contributed by atoms with Crippen LogP contribution in [0.1, 0.15) is 63.5 Å². The van der Waals surface area contributed by atoms with Gasteiger partial charge in [0.15, 0.2) is 0 Å². The van der Waals surface area contributed by atoms with E-state index in [1.807, 2.05) is 14.2 Å². The van der Waals surface area contributed by atoms with Crippen LogP contribution in [-0.2, 0) is 14.9 Å². The quantitative estimate of drug-likeness (QED) is 0.427. The second-order valence-corrected chi connectivity index (χ2v) is 9.75. The average Bonchev–Trinajstić information content (AvgIpc) is 2.79. The first kappa shape index (κ1) is 23.0. The minimum absolute atomic E-state index is 0.0305. The molecule has 2 nitrogen and oxygen atoms in total. The van der Waals surface area contributed by atoms with Gasteiger partial charge in [-0.1, -0.05) is 87.4 Å². The van der Waals surface area contributed by atoms with Crippen LogP contribution in [0, 0.1) is 17.3 Å². The van der Waals surface area contributed by atoms with Gasteiger partial charge in [-0.2, -0.15) is 0 Å². The van der Waals surface area contributed by atoms with Crippen molar-refractivity contribution < 1.29 is 9.47 Å². The van der Waals surface area contributed by atoms with Crippen molar-refractivity contribution >= 4 is 0 Å². The maximum absolute atomic E-state index is 5.84. The molecule has 2 heteroatoms. The molecule has 0 bridgehead atoms. The van der Waals surface area contributed by atoms with Crippen LogP contribution in [-0.4, -0.2) is 27.4 Å². The Bertz CT molecular complexity index is 686. The van der Waals surface area contributed by atoms with E-state index >= 15 is 0 Å². The summed E-state index contributed by atoms with van der Waals surface area (Å²) in [5.74, 6) is 1.52. The molecular formula is C28H40O2. The summed E-state index contributed by atoms with van der Waals surface area (Å²) in [6.45, 7) is 6.36. The van der Waals surface area contributed by atoms with Gasteiger partial charge in [-0.15, -0.1) is 0 Å². The van der Waals surface area contributed by atoms with Crippen LogP contribution in [0.5, 0.6) is 0 Å². The molecule has 0 aromatic heterocycles. The molecule has 30 heavy (non-hydrogen) atoms. The predicted octanol–water partition coefficient (Wildman–Crippen LogP) is 6.88. The summed E-state index contributed by atoms with van der Waals surface area (Å²) in [6.07, 6.45) is 7.43. The Labute approximate surface area is 184 Å². The van der Waals surface area contributed by atoms with E-state index in [1.54, 1.807) is 0 Å². The molecule has 0 saturated heterocycles. The minimum Gasteiger partial charge on any atom is -0.384 e. The summed E-state index contributed by atoms with van der Waals surface area (Å²) < 4.78 is 11.7. The maximum atomic E-state index is 5.84. The molecule has 3 rings (SSSR count). The Morgan fingerprint density at radius 1 is 0.733 bits per heavy atom. The van der Waals surface area contributed by atoms with E-state index in [2.05, 4.69) is 74.5 Å². The number of ether oxygens (including phenoxy) is 2. The highest BCUT2D eigenvalue weighted by atomic mass is 16.5. The van der Waals surface area contributed by atoms with Gasteiger partial charge >= 0.3 is 0 Å². The first-order valence-corrected chi connectivity index (χ1v) is 11.6. The van der Waals surface area contributed by atoms with Crippen LogP contribution in [0.25, 0.3) is 0 Å². The summed E-state index contributed by atoms with van der Waals surface area (Å²) in [7, 11) is 3.70. The molecule has 0 N–H and O–H groups in total. The fraction of sp³-hybridized carbons (Fsp3) is 0.571. The van der Waals surface area contributed by atoms with Gasteiger partial charge in [0.2, 0.25) is 0 Å². The molecule has 2 aromatic rings. The van der Waals surface area contributed by atoms with E-state index in [0.29, 0.717) is 5.92 Å². The Balaban J connectivity index is 1.92. The minimum atomic E-state index is -0.0305. The normalized spacial score (nSPS) is 20.3. The Hall–Kier alpha value is -1.64. The fourth-order valence-electron chi connectivity index (χ4n) is 5.64. The van der Waals surface area contributed by atoms with Crippen LogP contribution in [0.2, 0.25) is 0 Å². The van der Waals surface area contributed by atoms with Crippen LogP contribution >= 0.6 is 0 Å². The molecule has 164 valence electrons. The van der Waals surface area contributed by atoms with Crippen LogP contribution in [0.3, 0.4) is 0 Å². The number of hydrogen-bond acceptors (Lipinski definition) is 2. The van der Waals surface area contributed by atoms with Crippen LogP contribution in [0.4, 0.5) is 0 Å². The van der Waals surface area contributed by atoms with Crippen molar-refractivity contribution in [3.8, 4) is 0 Å². The lowest BCUT2D eigenvalue weighted by atomic mass is 9.62. The molecule has 0 heterocycles. The first-order chi connectivity index (χ1) is 14.5. The molecular weight excluding hydrogens is 368 g/mol. The molecule has 0 radical (unpaired) electrons. The van der Waals surface area contributed by atoms with E-state index in [-0.39, 0.29) is 10.8 Å². The Morgan fingerprint density at radius 2 is 1.20 bits per heavy atom. The Kier molecular flexibility index (Phi) is 8.13. The molecule has 1 aliphatic rings.